The van der Waals surface area contributed by atoms with Crippen LogP contribution in [0.4, 0.5) is 5.82 Å². The minimum absolute atomic E-state index is 0.108. The van der Waals surface area contributed by atoms with Crippen molar-refractivity contribution in [2.45, 2.75) is 19.0 Å². The second kappa shape index (κ2) is 3.42. The van der Waals surface area contributed by atoms with Crippen LogP contribution in [0.5, 0.6) is 0 Å². The Kier molecular flexibility index (Phi) is 2.21. The summed E-state index contributed by atoms with van der Waals surface area (Å²) >= 11 is 5.20. The van der Waals surface area contributed by atoms with Gasteiger partial charge in [0.2, 0.25) is 0 Å². The van der Waals surface area contributed by atoms with Crippen LogP contribution in [-0.2, 0) is 9.84 Å². The van der Waals surface area contributed by atoms with E-state index in [4.69, 9.17) is 16.7 Å². The standard InChI is InChI=1S/C9H11N3O3S2/c1-5-2-8(11-15-5)12-7-4-17(13,14)3-6(7)10-9(12)16/h2,6-7H,3-4H2,1H3,(H,10,16)/t6-,7+/m0/s1. The van der Waals surface area contributed by atoms with Crippen molar-refractivity contribution in [1.29, 1.82) is 0 Å². The fourth-order valence-corrected chi connectivity index (χ4v) is 4.61. The molecule has 2 aliphatic rings. The summed E-state index contributed by atoms with van der Waals surface area (Å²) in [5, 5.41) is 7.43. The molecule has 0 spiro atoms. The molecule has 1 aromatic rings. The highest BCUT2D eigenvalue weighted by molar-refractivity contribution is 7.91. The molecule has 2 atom stereocenters. The molecule has 1 N–H and O–H groups in total. The molecule has 8 heteroatoms. The third-order valence-electron chi connectivity index (χ3n) is 3.04. The van der Waals surface area contributed by atoms with Crippen molar-refractivity contribution < 1.29 is 12.9 Å². The van der Waals surface area contributed by atoms with Crippen LogP contribution >= 0.6 is 12.2 Å². The van der Waals surface area contributed by atoms with Crippen LogP contribution in [0.15, 0.2) is 10.6 Å². The molecule has 0 radical (unpaired) electrons. The van der Waals surface area contributed by atoms with Gasteiger partial charge in [-0.3, -0.25) is 4.90 Å². The number of nitrogens with one attached hydrogen (secondary N) is 1. The van der Waals surface area contributed by atoms with Gasteiger partial charge in [-0.1, -0.05) is 5.16 Å². The highest BCUT2D eigenvalue weighted by Gasteiger charge is 2.48. The summed E-state index contributed by atoms with van der Waals surface area (Å²) in [5.41, 5.74) is 0. The van der Waals surface area contributed by atoms with Gasteiger partial charge in [0.25, 0.3) is 0 Å². The molecule has 17 heavy (non-hydrogen) atoms. The molecule has 0 bridgehead atoms. The molecule has 0 aliphatic carbocycles. The molecule has 6 nitrogen and oxygen atoms in total. The molecule has 3 rings (SSSR count). The van der Waals surface area contributed by atoms with Crippen molar-refractivity contribution in [2.24, 2.45) is 0 Å². The largest absolute Gasteiger partial charge is 0.360 e. The SMILES string of the molecule is Cc1cc(N2C(=S)N[C@H]3CS(=O)(=O)C[C@H]32)no1. The fraction of sp³-hybridized carbons (Fsp3) is 0.556. The summed E-state index contributed by atoms with van der Waals surface area (Å²) in [6.45, 7) is 1.78. The number of nitrogens with zero attached hydrogens (tertiary/aromatic N) is 2. The van der Waals surface area contributed by atoms with Gasteiger partial charge < -0.3 is 9.84 Å². The van der Waals surface area contributed by atoms with Crippen molar-refractivity contribution in [3.05, 3.63) is 11.8 Å². The highest BCUT2D eigenvalue weighted by Crippen LogP contribution is 2.29. The molecule has 0 saturated carbocycles. The van der Waals surface area contributed by atoms with E-state index in [0.29, 0.717) is 16.7 Å². The van der Waals surface area contributed by atoms with Gasteiger partial charge in [-0.15, -0.1) is 0 Å². The van der Waals surface area contributed by atoms with Crippen molar-refractivity contribution in [1.82, 2.24) is 10.5 Å². The third-order valence-corrected chi connectivity index (χ3v) is 5.08. The van der Waals surface area contributed by atoms with E-state index in [0.717, 1.165) is 0 Å². The Bertz CT molecular complexity index is 580. The second-order valence-corrected chi connectivity index (χ2v) is 6.91. The Hall–Kier alpha value is -1.15. The van der Waals surface area contributed by atoms with Gasteiger partial charge in [-0.2, -0.15) is 0 Å². The van der Waals surface area contributed by atoms with Gasteiger partial charge in [-0.25, -0.2) is 8.42 Å². The molecule has 92 valence electrons. The van der Waals surface area contributed by atoms with Crippen LogP contribution in [0.3, 0.4) is 0 Å². The molecule has 0 aromatic carbocycles. The van der Waals surface area contributed by atoms with Crippen LogP contribution in [0.1, 0.15) is 5.76 Å². The lowest BCUT2D eigenvalue weighted by Gasteiger charge is -2.19. The first-order chi connectivity index (χ1) is 7.96. The lowest BCUT2D eigenvalue weighted by Crippen LogP contribution is -2.37. The number of rotatable bonds is 1. The molecule has 3 heterocycles. The van der Waals surface area contributed by atoms with E-state index in [1.165, 1.54) is 0 Å². The van der Waals surface area contributed by atoms with Gasteiger partial charge in [0.05, 0.1) is 23.6 Å². The lowest BCUT2D eigenvalue weighted by atomic mass is 10.2. The fourth-order valence-electron chi connectivity index (χ4n) is 2.34. The van der Waals surface area contributed by atoms with Crippen molar-refractivity contribution in [2.75, 3.05) is 16.4 Å². The number of sulfone groups is 1. The predicted octanol–water partition coefficient (Wildman–Crippen LogP) is -0.157. The van der Waals surface area contributed by atoms with E-state index < -0.39 is 9.84 Å². The summed E-state index contributed by atoms with van der Waals surface area (Å²) in [5.74, 6) is 1.48. The van der Waals surface area contributed by atoms with E-state index in [-0.39, 0.29) is 23.6 Å². The second-order valence-electron chi connectivity index (χ2n) is 4.37. The van der Waals surface area contributed by atoms with Crippen LogP contribution < -0.4 is 10.2 Å². The summed E-state index contributed by atoms with van der Waals surface area (Å²) in [6.07, 6.45) is 0. The molecular weight excluding hydrogens is 262 g/mol. The third kappa shape index (κ3) is 1.71. The number of aromatic nitrogens is 1. The van der Waals surface area contributed by atoms with Crippen molar-refractivity contribution in [3.8, 4) is 0 Å². The Labute approximate surface area is 104 Å². The topological polar surface area (TPSA) is 75.4 Å². The zero-order chi connectivity index (χ0) is 12.2. The molecule has 1 aromatic heterocycles. The summed E-state index contributed by atoms with van der Waals surface area (Å²) < 4.78 is 28.2. The van der Waals surface area contributed by atoms with Crippen LogP contribution in [0.2, 0.25) is 0 Å². The van der Waals surface area contributed by atoms with E-state index in [1.807, 2.05) is 0 Å². The number of aryl methyl sites for hydroxylation is 1. The summed E-state index contributed by atoms with van der Waals surface area (Å²) in [6, 6.07) is 1.45. The first-order valence-electron chi connectivity index (χ1n) is 5.20. The van der Waals surface area contributed by atoms with Crippen molar-refractivity contribution in [3.63, 3.8) is 0 Å². The maximum atomic E-state index is 11.6. The van der Waals surface area contributed by atoms with E-state index in [9.17, 15) is 8.42 Å². The Morgan fingerprint density at radius 3 is 3.00 bits per heavy atom. The monoisotopic (exact) mass is 273 g/mol. The van der Waals surface area contributed by atoms with Gasteiger partial charge in [0.1, 0.15) is 5.76 Å². The van der Waals surface area contributed by atoms with Gasteiger partial charge in [0, 0.05) is 6.07 Å². The Balaban J connectivity index is 1.97. The minimum Gasteiger partial charge on any atom is -0.360 e. The van der Waals surface area contributed by atoms with Crippen LogP contribution in [-0.4, -0.2) is 42.3 Å². The van der Waals surface area contributed by atoms with E-state index in [1.54, 1.807) is 17.9 Å². The van der Waals surface area contributed by atoms with Gasteiger partial charge in [-0.05, 0) is 19.1 Å². The molecular formula is C9H11N3O3S2. The minimum atomic E-state index is -2.99. The van der Waals surface area contributed by atoms with Crippen LogP contribution in [0.25, 0.3) is 0 Å². The zero-order valence-electron chi connectivity index (χ0n) is 9.08. The smallest absolute Gasteiger partial charge is 0.178 e. The van der Waals surface area contributed by atoms with Crippen molar-refractivity contribution >= 4 is 33.0 Å². The number of anilines is 1. The molecule has 0 amide bonds. The number of hydrogen-bond donors (Lipinski definition) is 1. The predicted molar refractivity (Wildman–Crippen MR) is 65.7 cm³/mol. The molecule has 0 unspecified atom stereocenters. The van der Waals surface area contributed by atoms with Gasteiger partial charge >= 0.3 is 0 Å². The first-order valence-corrected chi connectivity index (χ1v) is 7.43. The van der Waals surface area contributed by atoms with E-state index in [2.05, 4.69) is 10.5 Å². The maximum absolute atomic E-state index is 11.6. The number of hydrogen-bond acceptors (Lipinski definition) is 5. The molecule has 2 fully saturated rings. The average Bonchev–Trinajstić information content (AvgIpc) is 2.78. The number of thiocarbonyl (C=S) groups is 1. The summed E-state index contributed by atoms with van der Waals surface area (Å²) in [7, 11) is -2.99. The quantitative estimate of drug-likeness (QED) is 0.713. The lowest BCUT2D eigenvalue weighted by molar-refractivity contribution is 0.397. The first kappa shape index (κ1) is 11.0. The Morgan fingerprint density at radius 2 is 2.35 bits per heavy atom. The zero-order valence-corrected chi connectivity index (χ0v) is 10.7. The van der Waals surface area contributed by atoms with Crippen LogP contribution in [0, 0.1) is 6.92 Å². The molecule has 2 saturated heterocycles. The number of fused-ring (bicyclic) bond motifs is 1. The maximum Gasteiger partial charge on any atom is 0.178 e. The molecule has 2 aliphatic heterocycles. The van der Waals surface area contributed by atoms with E-state index >= 15 is 0 Å². The normalized spacial score (nSPS) is 30.4. The average molecular weight is 273 g/mol. The Morgan fingerprint density at radius 1 is 1.59 bits per heavy atom. The summed E-state index contributed by atoms with van der Waals surface area (Å²) in [4.78, 5) is 1.74. The van der Waals surface area contributed by atoms with Gasteiger partial charge in [0.15, 0.2) is 20.8 Å². The highest BCUT2D eigenvalue weighted by atomic mass is 32.2.